The second kappa shape index (κ2) is 5.48. The number of hydrogen-bond acceptors (Lipinski definition) is 4. The summed E-state index contributed by atoms with van der Waals surface area (Å²) in [4.78, 5) is 22.5. The standard InChI is InChI=1S/C12H19NO4S/c1-18-12(2-4-17-5-3-12)7-13-10(14)8-6-9(8)11(15)16/h8-9H,2-7H2,1H3,(H,13,14)(H,15,16)/t8-,9+/m1/s1. The summed E-state index contributed by atoms with van der Waals surface area (Å²) < 4.78 is 5.40. The van der Waals surface area contributed by atoms with Crippen LogP contribution >= 0.6 is 11.8 Å². The highest BCUT2D eigenvalue weighted by Crippen LogP contribution is 2.39. The number of hydrogen-bond donors (Lipinski definition) is 2. The van der Waals surface area contributed by atoms with E-state index in [1.807, 2.05) is 0 Å². The van der Waals surface area contributed by atoms with E-state index in [0.717, 1.165) is 26.1 Å². The number of rotatable bonds is 5. The average Bonchev–Trinajstić information content (AvgIpc) is 3.17. The first-order valence-corrected chi connectivity index (χ1v) is 7.44. The van der Waals surface area contributed by atoms with Gasteiger partial charge in [-0.3, -0.25) is 9.59 Å². The van der Waals surface area contributed by atoms with Crippen molar-refractivity contribution in [3.63, 3.8) is 0 Å². The molecule has 1 saturated carbocycles. The van der Waals surface area contributed by atoms with E-state index in [2.05, 4.69) is 11.6 Å². The Labute approximate surface area is 111 Å². The number of carboxylic acids is 1. The second-order valence-corrected chi connectivity index (χ2v) is 6.28. The minimum atomic E-state index is -0.860. The maximum atomic E-state index is 11.8. The minimum absolute atomic E-state index is 0.0571. The van der Waals surface area contributed by atoms with Gasteiger partial charge in [-0.15, -0.1) is 0 Å². The monoisotopic (exact) mass is 273 g/mol. The number of nitrogens with one attached hydrogen (secondary N) is 1. The van der Waals surface area contributed by atoms with Crippen molar-refractivity contribution in [2.24, 2.45) is 11.8 Å². The molecule has 1 saturated heterocycles. The topological polar surface area (TPSA) is 75.6 Å². The third-order valence-electron chi connectivity index (χ3n) is 3.87. The van der Waals surface area contributed by atoms with Crippen LogP contribution in [0.1, 0.15) is 19.3 Å². The molecule has 2 fully saturated rings. The molecular weight excluding hydrogens is 254 g/mol. The van der Waals surface area contributed by atoms with Gasteiger partial charge in [-0.05, 0) is 25.5 Å². The van der Waals surface area contributed by atoms with E-state index in [1.165, 1.54) is 0 Å². The third-order valence-corrected chi connectivity index (χ3v) is 5.28. The fraction of sp³-hybridized carbons (Fsp3) is 0.833. The Kier molecular flexibility index (Phi) is 4.17. The average molecular weight is 273 g/mol. The summed E-state index contributed by atoms with van der Waals surface area (Å²) in [6.07, 6.45) is 4.40. The Morgan fingerprint density at radius 2 is 2.06 bits per heavy atom. The van der Waals surface area contributed by atoms with E-state index in [-0.39, 0.29) is 16.6 Å². The molecule has 0 aromatic carbocycles. The first kappa shape index (κ1) is 13.7. The Balaban J connectivity index is 1.80. The molecule has 1 amide bonds. The molecular formula is C12H19NO4S. The zero-order valence-corrected chi connectivity index (χ0v) is 11.3. The van der Waals surface area contributed by atoms with E-state index in [0.29, 0.717) is 13.0 Å². The van der Waals surface area contributed by atoms with E-state index in [4.69, 9.17) is 9.84 Å². The smallest absolute Gasteiger partial charge is 0.307 e. The zero-order chi connectivity index (χ0) is 13.2. The number of carbonyl (C=O) groups excluding carboxylic acids is 1. The molecule has 18 heavy (non-hydrogen) atoms. The van der Waals surface area contributed by atoms with Crippen molar-refractivity contribution in [2.75, 3.05) is 26.0 Å². The Morgan fingerprint density at radius 1 is 1.39 bits per heavy atom. The van der Waals surface area contributed by atoms with Gasteiger partial charge in [0.1, 0.15) is 0 Å². The predicted molar refractivity (Wildman–Crippen MR) is 68.5 cm³/mol. The van der Waals surface area contributed by atoms with Gasteiger partial charge >= 0.3 is 5.97 Å². The number of carboxylic acid groups (broad SMARTS) is 1. The van der Waals surface area contributed by atoms with Crippen LogP contribution in [-0.2, 0) is 14.3 Å². The molecule has 2 N–H and O–H groups in total. The van der Waals surface area contributed by atoms with Gasteiger partial charge in [-0.1, -0.05) is 0 Å². The fourth-order valence-corrected chi connectivity index (χ4v) is 3.12. The van der Waals surface area contributed by atoms with Crippen molar-refractivity contribution < 1.29 is 19.4 Å². The van der Waals surface area contributed by atoms with Crippen LogP contribution in [0.3, 0.4) is 0 Å². The molecule has 1 heterocycles. The summed E-state index contributed by atoms with van der Waals surface area (Å²) in [5.74, 6) is -1.76. The molecule has 6 heteroatoms. The third kappa shape index (κ3) is 2.98. The van der Waals surface area contributed by atoms with E-state index in [1.54, 1.807) is 11.8 Å². The fourth-order valence-electron chi connectivity index (χ4n) is 2.33. The van der Waals surface area contributed by atoms with Crippen molar-refractivity contribution >= 4 is 23.6 Å². The summed E-state index contributed by atoms with van der Waals surface area (Å²) in [7, 11) is 0. The zero-order valence-electron chi connectivity index (χ0n) is 10.5. The van der Waals surface area contributed by atoms with Gasteiger partial charge < -0.3 is 15.2 Å². The van der Waals surface area contributed by atoms with Gasteiger partial charge in [-0.25, -0.2) is 0 Å². The van der Waals surface area contributed by atoms with Crippen LogP contribution in [0.5, 0.6) is 0 Å². The number of thioether (sulfide) groups is 1. The van der Waals surface area contributed by atoms with Gasteiger partial charge in [0.2, 0.25) is 5.91 Å². The van der Waals surface area contributed by atoms with Gasteiger partial charge in [0.05, 0.1) is 11.8 Å². The lowest BCUT2D eigenvalue weighted by Crippen LogP contribution is -2.44. The van der Waals surface area contributed by atoms with Crippen molar-refractivity contribution in [3.05, 3.63) is 0 Å². The van der Waals surface area contributed by atoms with Crippen LogP contribution in [-0.4, -0.2) is 47.7 Å². The summed E-state index contributed by atoms with van der Waals surface area (Å²) in [5, 5.41) is 11.7. The van der Waals surface area contributed by atoms with E-state index in [9.17, 15) is 9.59 Å². The summed E-state index contributed by atoms with van der Waals surface area (Å²) in [6, 6.07) is 0. The van der Waals surface area contributed by atoms with Gasteiger partial charge in [0.25, 0.3) is 0 Å². The Bertz CT molecular complexity index is 341. The molecule has 0 aromatic rings. The first-order valence-electron chi connectivity index (χ1n) is 6.21. The van der Waals surface area contributed by atoms with Crippen LogP contribution in [0.4, 0.5) is 0 Å². The molecule has 0 spiro atoms. The lowest BCUT2D eigenvalue weighted by Gasteiger charge is -2.35. The van der Waals surface area contributed by atoms with E-state index >= 15 is 0 Å². The summed E-state index contributed by atoms with van der Waals surface area (Å²) in [5.41, 5.74) is 0. The Hall–Kier alpha value is -0.750. The maximum absolute atomic E-state index is 11.8. The minimum Gasteiger partial charge on any atom is -0.481 e. The maximum Gasteiger partial charge on any atom is 0.307 e. The normalized spacial score (nSPS) is 29.6. The van der Waals surface area contributed by atoms with Crippen LogP contribution in [0.25, 0.3) is 0 Å². The number of amides is 1. The van der Waals surface area contributed by atoms with E-state index < -0.39 is 11.9 Å². The molecule has 2 rings (SSSR count). The van der Waals surface area contributed by atoms with Crippen LogP contribution in [0.2, 0.25) is 0 Å². The van der Waals surface area contributed by atoms with Crippen molar-refractivity contribution in [2.45, 2.75) is 24.0 Å². The SMILES string of the molecule is CSC1(CNC(=O)[C@@H]2C[C@@H]2C(=O)O)CCOCC1. The lowest BCUT2D eigenvalue weighted by atomic mass is 9.99. The second-order valence-electron chi connectivity index (χ2n) is 5.00. The highest BCUT2D eigenvalue weighted by molar-refractivity contribution is 8.00. The first-order chi connectivity index (χ1) is 8.58. The van der Waals surface area contributed by atoms with Crippen molar-refractivity contribution in [1.29, 1.82) is 0 Å². The number of ether oxygens (including phenoxy) is 1. The van der Waals surface area contributed by atoms with Gasteiger partial charge in [0.15, 0.2) is 0 Å². The van der Waals surface area contributed by atoms with Crippen LogP contribution in [0.15, 0.2) is 0 Å². The molecule has 102 valence electrons. The Morgan fingerprint density at radius 3 is 2.56 bits per heavy atom. The van der Waals surface area contributed by atoms with Crippen LogP contribution in [0, 0.1) is 11.8 Å². The lowest BCUT2D eigenvalue weighted by molar-refractivity contribution is -0.140. The molecule has 5 nitrogen and oxygen atoms in total. The van der Waals surface area contributed by atoms with Gasteiger partial charge in [0, 0.05) is 24.5 Å². The van der Waals surface area contributed by atoms with Gasteiger partial charge in [-0.2, -0.15) is 11.8 Å². The molecule has 2 atom stereocenters. The summed E-state index contributed by atoms with van der Waals surface area (Å²) >= 11 is 1.76. The molecule has 1 aliphatic heterocycles. The molecule has 0 radical (unpaired) electrons. The van der Waals surface area contributed by atoms with Crippen LogP contribution < -0.4 is 5.32 Å². The largest absolute Gasteiger partial charge is 0.481 e. The highest BCUT2D eigenvalue weighted by Gasteiger charge is 2.48. The molecule has 0 bridgehead atoms. The molecule has 0 unspecified atom stereocenters. The molecule has 2 aliphatic rings. The molecule has 1 aliphatic carbocycles. The molecule has 0 aromatic heterocycles. The predicted octanol–water partition coefficient (Wildman–Crippen LogP) is 0.735. The number of aliphatic carboxylic acids is 1. The highest BCUT2D eigenvalue weighted by atomic mass is 32.2. The summed E-state index contributed by atoms with van der Waals surface area (Å²) in [6.45, 7) is 2.08. The quantitative estimate of drug-likeness (QED) is 0.772. The van der Waals surface area contributed by atoms with Crippen molar-refractivity contribution in [3.8, 4) is 0 Å². The number of carbonyl (C=O) groups is 2. The van der Waals surface area contributed by atoms with Crippen molar-refractivity contribution in [1.82, 2.24) is 5.32 Å².